The number of benzene rings is 2. The van der Waals surface area contributed by atoms with E-state index in [0.717, 1.165) is 5.56 Å². The molecule has 0 unspecified atom stereocenters. The summed E-state index contributed by atoms with van der Waals surface area (Å²) in [6.45, 7) is 3.51. The molecule has 0 fully saturated rings. The van der Waals surface area contributed by atoms with E-state index >= 15 is 0 Å². The fraction of sp³-hybridized carbons (Fsp3) is 0.321. The van der Waals surface area contributed by atoms with Crippen molar-refractivity contribution in [2.24, 2.45) is 5.92 Å². The minimum atomic E-state index is -4.58. The van der Waals surface area contributed by atoms with E-state index in [4.69, 9.17) is 9.15 Å². The van der Waals surface area contributed by atoms with Gasteiger partial charge in [-0.05, 0) is 62.1 Å². The molecule has 0 aliphatic heterocycles. The molecule has 0 spiro atoms. The van der Waals surface area contributed by atoms with Crippen molar-refractivity contribution in [3.8, 4) is 17.1 Å². The largest absolute Gasteiger partial charge is 0.494 e. The van der Waals surface area contributed by atoms with Gasteiger partial charge in [0, 0.05) is 5.56 Å². The van der Waals surface area contributed by atoms with Crippen LogP contribution in [0.1, 0.15) is 42.8 Å². The van der Waals surface area contributed by atoms with Crippen LogP contribution in [0.3, 0.4) is 0 Å². The number of hydrogen-bond acceptors (Lipinski definition) is 7. The van der Waals surface area contributed by atoms with E-state index < -0.39 is 31.4 Å². The average Bonchev–Trinajstić information content (AvgIpc) is 3.45. The molecule has 3 aromatic rings. The smallest absolute Gasteiger partial charge is 0.356 e. The summed E-state index contributed by atoms with van der Waals surface area (Å²) < 4.78 is 22.8. The average molecular weight is 588 g/mol. The Labute approximate surface area is 237 Å². The van der Waals surface area contributed by atoms with Gasteiger partial charge >= 0.3 is 7.60 Å². The van der Waals surface area contributed by atoms with Crippen LogP contribution >= 0.6 is 7.60 Å². The number of nitrogens with one attached hydrogen (secondary N) is 2. The number of ether oxygens (including phenoxy) is 1. The van der Waals surface area contributed by atoms with Crippen LogP contribution in [0.4, 0.5) is 0 Å². The zero-order valence-corrected chi connectivity index (χ0v) is 23.6. The maximum atomic E-state index is 13.1. The molecule has 0 saturated carbocycles. The van der Waals surface area contributed by atoms with Gasteiger partial charge in [-0.15, -0.1) is 0 Å². The SMILES string of the molecule is CCOc1cc(-c2ccc(C(=O)NCNC(=O)[C@H](CCc3ccccc3)[C@@H](CC)N(O)C=O)o2)cc(P(=O)(O)O)c1. The van der Waals surface area contributed by atoms with Crippen LogP contribution in [-0.2, 0) is 20.6 Å². The zero-order chi connectivity index (χ0) is 30.0. The molecule has 13 heteroatoms. The number of rotatable bonds is 15. The summed E-state index contributed by atoms with van der Waals surface area (Å²) in [6, 6.07) is 15.6. The first-order valence-corrected chi connectivity index (χ1v) is 14.6. The van der Waals surface area contributed by atoms with Gasteiger partial charge in [-0.2, -0.15) is 0 Å². The van der Waals surface area contributed by atoms with Crippen molar-refractivity contribution in [3.63, 3.8) is 0 Å². The molecule has 0 radical (unpaired) electrons. The van der Waals surface area contributed by atoms with E-state index in [2.05, 4.69) is 10.6 Å². The summed E-state index contributed by atoms with van der Waals surface area (Å²) in [5.74, 6) is -1.52. The fourth-order valence-electron chi connectivity index (χ4n) is 4.39. The topological polar surface area (TPSA) is 179 Å². The predicted molar refractivity (Wildman–Crippen MR) is 149 cm³/mol. The first-order chi connectivity index (χ1) is 19.6. The monoisotopic (exact) mass is 587 g/mol. The van der Waals surface area contributed by atoms with Crippen molar-refractivity contribution >= 4 is 31.1 Å². The van der Waals surface area contributed by atoms with Crippen molar-refractivity contribution in [1.82, 2.24) is 15.7 Å². The number of carbonyl (C=O) groups is 3. The van der Waals surface area contributed by atoms with Gasteiger partial charge in [-0.25, -0.2) is 5.06 Å². The van der Waals surface area contributed by atoms with Crippen LogP contribution in [0.25, 0.3) is 11.3 Å². The third kappa shape index (κ3) is 8.76. The molecule has 1 heterocycles. The lowest BCUT2D eigenvalue weighted by Crippen LogP contribution is -2.47. The molecule has 0 bridgehead atoms. The van der Waals surface area contributed by atoms with Crippen LogP contribution in [0.15, 0.2) is 65.1 Å². The molecule has 220 valence electrons. The second-order valence-electron chi connectivity index (χ2n) is 9.17. The standard InChI is InChI=1S/C28H34N3O9P/c1-3-24(31(35)18-32)23(11-10-19-8-6-5-7-9-19)27(33)29-17-30-28(34)26-13-12-25(40-26)20-14-21(39-4-2)16-22(15-20)41(36,37)38/h5-9,12-16,18,23-24,35H,3-4,10-11,17H2,1-2H3,(H,29,33)(H,30,34)(H2,36,37,38)/t23-,24-/m1/s1. The lowest BCUT2D eigenvalue weighted by molar-refractivity contribution is -0.168. The van der Waals surface area contributed by atoms with Crippen LogP contribution in [0.2, 0.25) is 0 Å². The first kappa shape index (κ1) is 31.6. The number of hydroxylamine groups is 2. The second-order valence-corrected chi connectivity index (χ2v) is 10.8. The van der Waals surface area contributed by atoms with Crippen LogP contribution in [-0.4, -0.2) is 57.6 Å². The summed E-state index contributed by atoms with van der Waals surface area (Å²) in [6.07, 6.45) is 1.49. The van der Waals surface area contributed by atoms with Gasteiger partial charge in [-0.1, -0.05) is 37.3 Å². The molecule has 12 nitrogen and oxygen atoms in total. The molecule has 5 N–H and O–H groups in total. The third-order valence-electron chi connectivity index (χ3n) is 6.42. The van der Waals surface area contributed by atoms with Crippen molar-refractivity contribution in [2.75, 3.05) is 13.3 Å². The van der Waals surface area contributed by atoms with Gasteiger partial charge in [0.2, 0.25) is 12.3 Å². The molecule has 0 aliphatic rings. The highest BCUT2D eigenvalue weighted by molar-refractivity contribution is 7.60. The molecule has 0 aliphatic carbocycles. The quantitative estimate of drug-likeness (QED) is 0.0588. The van der Waals surface area contributed by atoms with Crippen molar-refractivity contribution in [1.29, 1.82) is 0 Å². The molecule has 3 amide bonds. The maximum absolute atomic E-state index is 13.1. The third-order valence-corrected chi connectivity index (χ3v) is 7.35. The number of hydrogen-bond donors (Lipinski definition) is 5. The van der Waals surface area contributed by atoms with E-state index in [1.807, 2.05) is 30.3 Å². The summed E-state index contributed by atoms with van der Waals surface area (Å²) in [4.78, 5) is 56.2. The normalized spacial score (nSPS) is 12.7. The lowest BCUT2D eigenvalue weighted by atomic mass is 9.90. The Morgan fingerprint density at radius 2 is 1.80 bits per heavy atom. The minimum absolute atomic E-state index is 0.0941. The summed E-state index contributed by atoms with van der Waals surface area (Å²) >= 11 is 0. The summed E-state index contributed by atoms with van der Waals surface area (Å²) in [7, 11) is -4.58. The number of nitrogens with zero attached hydrogens (tertiary/aromatic N) is 1. The van der Waals surface area contributed by atoms with Crippen LogP contribution in [0, 0.1) is 5.92 Å². The highest BCUT2D eigenvalue weighted by Gasteiger charge is 2.31. The summed E-state index contributed by atoms with van der Waals surface area (Å²) in [5, 5.41) is 15.5. The molecule has 0 saturated heterocycles. The Morgan fingerprint density at radius 3 is 2.44 bits per heavy atom. The summed E-state index contributed by atoms with van der Waals surface area (Å²) in [5.41, 5.74) is 1.30. The number of carbonyl (C=O) groups excluding carboxylic acids is 3. The Hall–Kier alpha value is -3.96. The number of aryl methyl sites for hydroxylation is 1. The Bertz CT molecular complexity index is 1370. The Balaban J connectivity index is 1.67. The highest BCUT2D eigenvalue weighted by atomic mass is 31.2. The molecular weight excluding hydrogens is 553 g/mol. The fourth-order valence-corrected chi connectivity index (χ4v) is 4.99. The van der Waals surface area contributed by atoms with E-state index in [1.165, 1.54) is 30.3 Å². The lowest BCUT2D eigenvalue weighted by Gasteiger charge is -2.29. The van der Waals surface area contributed by atoms with E-state index in [-0.39, 0.29) is 42.3 Å². The Kier molecular flexibility index (Phi) is 11.2. The molecule has 3 rings (SSSR count). The van der Waals surface area contributed by atoms with Crippen molar-refractivity contribution < 1.29 is 43.1 Å². The van der Waals surface area contributed by atoms with E-state index in [0.29, 0.717) is 29.9 Å². The zero-order valence-electron chi connectivity index (χ0n) is 22.7. The van der Waals surface area contributed by atoms with Crippen molar-refractivity contribution in [3.05, 3.63) is 72.0 Å². The van der Waals surface area contributed by atoms with Gasteiger partial charge in [-0.3, -0.25) is 24.2 Å². The Morgan fingerprint density at radius 1 is 1.07 bits per heavy atom. The van der Waals surface area contributed by atoms with Gasteiger partial charge in [0.25, 0.3) is 5.91 Å². The van der Waals surface area contributed by atoms with Crippen molar-refractivity contribution in [2.45, 2.75) is 39.2 Å². The van der Waals surface area contributed by atoms with E-state index in [9.17, 15) is 33.9 Å². The highest BCUT2D eigenvalue weighted by Crippen LogP contribution is 2.37. The molecule has 2 aromatic carbocycles. The second kappa shape index (κ2) is 14.6. The molecule has 2 atom stereocenters. The molecule has 1 aromatic heterocycles. The maximum Gasteiger partial charge on any atom is 0.356 e. The predicted octanol–water partition coefficient (Wildman–Crippen LogP) is 2.83. The van der Waals surface area contributed by atoms with Gasteiger partial charge in [0.1, 0.15) is 11.5 Å². The first-order valence-electron chi connectivity index (χ1n) is 13.0. The molecule has 41 heavy (non-hydrogen) atoms. The van der Waals surface area contributed by atoms with E-state index in [1.54, 1.807) is 13.8 Å². The molecular formula is C28H34N3O9P. The van der Waals surface area contributed by atoms with Gasteiger partial charge < -0.3 is 29.6 Å². The number of amides is 3. The van der Waals surface area contributed by atoms with Crippen LogP contribution in [0.5, 0.6) is 5.75 Å². The van der Waals surface area contributed by atoms with Gasteiger partial charge in [0.05, 0.1) is 30.5 Å². The number of furan rings is 1. The minimum Gasteiger partial charge on any atom is -0.494 e. The van der Waals surface area contributed by atoms with Gasteiger partial charge in [0.15, 0.2) is 5.76 Å². The van der Waals surface area contributed by atoms with Crippen LogP contribution < -0.4 is 20.7 Å².